The van der Waals surface area contributed by atoms with Crippen LogP contribution in [-0.4, -0.2) is 63.7 Å². The molecule has 0 bridgehead atoms. The third-order valence-electron chi connectivity index (χ3n) is 5.01. The lowest BCUT2D eigenvalue weighted by Gasteiger charge is -2.33. The number of anilines is 1. The maximum absolute atomic E-state index is 12.8. The molecule has 150 valence electrons. The molecular weight excluding hydrogens is 390 g/mol. The number of benzene rings is 1. The minimum Gasteiger partial charge on any atom is -0.335 e. The normalized spacial score (nSPS) is 14.9. The van der Waals surface area contributed by atoms with Crippen LogP contribution in [-0.2, 0) is 4.79 Å². The first-order valence-corrected chi connectivity index (χ1v) is 9.89. The maximum Gasteiger partial charge on any atom is 0.274 e. The fourth-order valence-electron chi connectivity index (χ4n) is 3.41. The Balaban J connectivity index is 1.32. The van der Waals surface area contributed by atoms with Crippen molar-refractivity contribution in [2.75, 3.05) is 38.0 Å². The number of hydrogen-bond donors (Lipinski definition) is 1. The Hall–Kier alpha value is -2.90. The van der Waals surface area contributed by atoms with Gasteiger partial charge >= 0.3 is 0 Å². The van der Waals surface area contributed by atoms with Crippen molar-refractivity contribution in [1.29, 1.82) is 0 Å². The van der Waals surface area contributed by atoms with E-state index in [0.29, 0.717) is 42.6 Å². The van der Waals surface area contributed by atoms with Crippen molar-refractivity contribution in [3.05, 3.63) is 65.1 Å². The number of para-hydroxylation sites is 1. The van der Waals surface area contributed by atoms with Crippen LogP contribution in [0, 0.1) is 6.92 Å². The van der Waals surface area contributed by atoms with Gasteiger partial charge in [0.15, 0.2) is 0 Å². The van der Waals surface area contributed by atoms with E-state index >= 15 is 0 Å². The Morgan fingerprint density at radius 1 is 1.14 bits per heavy atom. The molecular formula is C21H22ClN5O2. The van der Waals surface area contributed by atoms with Gasteiger partial charge in [-0.3, -0.25) is 14.5 Å². The number of nitrogens with one attached hydrogen (secondary N) is 1. The second-order valence-corrected chi connectivity index (χ2v) is 7.60. The van der Waals surface area contributed by atoms with Crippen molar-refractivity contribution < 1.29 is 9.59 Å². The number of amides is 2. The second-order valence-electron chi connectivity index (χ2n) is 7.19. The van der Waals surface area contributed by atoms with Crippen molar-refractivity contribution in [3.63, 3.8) is 0 Å². The van der Waals surface area contributed by atoms with Crippen LogP contribution in [0.2, 0.25) is 5.02 Å². The maximum atomic E-state index is 12.8. The molecule has 7 nitrogen and oxygen atoms in total. The van der Waals surface area contributed by atoms with Gasteiger partial charge < -0.3 is 14.6 Å². The van der Waals surface area contributed by atoms with Crippen LogP contribution in [0.15, 0.2) is 48.8 Å². The van der Waals surface area contributed by atoms with Crippen LogP contribution in [0.4, 0.5) is 5.69 Å². The number of aryl methyl sites for hydroxylation is 1. The van der Waals surface area contributed by atoms with Crippen molar-refractivity contribution in [2.24, 2.45) is 0 Å². The number of nitrogens with zero attached hydrogens (tertiary/aromatic N) is 4. The first kappa shape index (κ1) is 19.4. The van der Waals surface area contributed by atoms with Crippen LogP contribution < -0.4 is 5.32 Å². The molecule has 3 heterocycles. The summed E-state index contributed by atoms with van der Waals surface area (Å²) in [6, 6.07) is 11.1. The number of carbonyl (C=O) groups is 2. The van der Waals surface area contributed by atoms with Gasteiger partial charge in [0.05, 0.1) is 17.3 Å². The van der Waals surface area contributed by atoms with E-state index in [2.05, 4.69) is 10.3 Å². The molecule has 8 heteroatoms. The molecule has 0 radical (unpaired) electrons. The number of fused-ring (bicyclic) bond motifs is 1. The summed E-state index contributed by atoms with van der Waals surface area (Å²) < 4.78 is 1.86. The van der Waals surface area contributed by atoms with E-state index in [1.54, 1.807) is 23.2 Å². The summed E-state index contributed by atoms with van der Waals surface area (Å²) in [5, 5.41) is 3.34. The fourth-order valence-corrected chi connectivity index (χ4v) is 3.60. The van der Waals surface area contributed by atoms with Crippen LogP contribution in [0.5, 0.6) is 0 Å². The molecule has 0 saturated carbocycles. The van der Waals surface area contributed by atoms with E-state index in [4.69, 9.17) is 11.6 Å². The van der Waals surface area contributed by atoms with Gasteiger partial charge in [0.1, 0.15) is 11.3 Å². The Morgan fingerprint density at radius 2 is 1.90 bits per heavy atom. The lowest BCUT2D eigenvalue weighted by atomic mass is 10.2. The van der Waals surface area contributed by atoms with E-state index in [1.165, 1.54) is 0 Å². The highest BCUT2D eigenvalue weighted by Crippen LogP contribution is 2.20. The number of imidazole rings is 1. The van der Waals surface area contributed by atoms with E-state index < -0.39 is 0 Å². The average Bonchev–Trinajstić information content (AvgIpc) is 3.13. The topological polar surface area (TPSA) is 70.0 Å². The van der Waals surface area contributed by atoms with Gasteiger partial charge in [-0.1, -0.05) is 23.7 Å². The molecule has 2 aromatic heterocycles. The highest BCUT2D eigenvalue weighted by atomic mass is 35.5. The molecule has 0 spiro atoms. The van der Waals surface area contributed by atoms with Gasteiger partial charge in [0.2, 0.25) is 5.91 Å². The summed E-state index contributed by atoms with van der Waals surface area (Å²) in [6.07, 6.45) is 3.67. The van der Waals surface area contributed by atoms with E-state index in [-0.39, 0.29) is 18.4 Å². The van der Waals surface area contributed by atoms with Gasteiger partial charge in [-0.2, -0.15) is 0 Å². The molecule has 1 N–H and O–H groups in total. The molecule has 1 saturated heterocycles. The largest absolute Gasteiger partial charge is 0.335 e. The number of hydrogen-bond acceptors (Lipinski definition) is 4. The summed E-state index contributed by atoms with van der Waals surface area (Å²) in [6.45, 7) is 4.65. The van der Waals surface area contributed by atoms with Gasteiger partial charge in [-0.15, -0.1) is 0 Å². The van der Waals surface area contributed by atoms with Crippen LogP contribution in [0.1, 0.15) is 16.1 Å². The minimum absolute atomic E-state index is 0.0773. The van der Waals surface area contributed by atoms with E-state index in [9.17, 15) is 9.59 Å². The molecule has 0 unspecified atom stereocenters. The zero-order valence-corrected chi connectivity index (χ0v) is 16.9. The van der Waals surface area contributed by atoms with Crippen molar-refractivity contribution in [1.82, 2.24) is 19.2 Å². The molecule has 1 aliphatic heterocycles. The Bertz CT molecular complexity index is 1060. The molecule has 0 atom stereocenters. The second kappa shape index (κ2) is 8.23. The monoisotopic (exact) mass is 411 g/mol. The predicted octanol–water partition coefficient (Wildman–Crippen LogP) is 2.69. The first-order valence-electron chi connectivity index (χ1n) is 9.51. The summed E-state index contributed by atoms with van der Waals surface area (Å²) in [5.41, 5.74) is 2.92. The van der Waals surface area contributed by atoms with Gasteiger partial charge in [-0.25, -0.2) is 4.98 Å². The Kier molecular flexibility index (Phi) is 5.51. The zero-order valence-electron chi connectivity index (χ0n) is 16.1. The van der Waals surface area contributed by atoms with Crippen LogP contribution in [0.25, 0.3) is 5.65 Å². The molecule has 3 aromatic rings. The van der Waals surface area contributed by atoms with E-state index in [0.717, 1.165) is 11.2 Å². The van der Waals surface area contributed by atoms with Crippen molar-refractivity contribution in [2.45, 2.75) is 6.92 Å². The smallest absolute Gasteiger partial charge is 0.274 e. The van der Waals surface area contributed by atoms with Crippen molar-refractivity contribution >= 4 is 34.7 Å². The lowest BCUT2D eigenvalue weighted by molar-refractivity contribution is -0.117. The Labute approximate surface area is 173 Å². The van der Waals surface area contributed by atoms with Crippen molar-refractivity contribution in [3.8, 4) is 0 Å². The fraction of sp³-hybridized carbons (Fsp3) is 0.286. The quantitative estimate of drug-likeness (QED) is 0.716. The molecule has 4 rings (SSSR count). The first-order chi connectivity index (χ1) is 14.0. The highest BCUT2D eigenvalue weighted by molar-refractivity contribution is 6.33. The number of halogens is 1. The number of rotatable bonds is 4. The van der Waals surface area contributed by atoms with Crippen LogP contribution in [0.3, 0.4) is 0 Å². The zero-order chi connectivity index (χ0) is 20.4. The summed E-state index contributed by atoms with van der Waals surface area (Å²) in [4.78, 5) is 33.4. The van der Waals surface area contributed by atoms with E-state index in [1.807, 2.05) is 46.7 Å². The third-order valence-corrected chi connectivity index (χ3v) is 5.34. The molecule has 1 aliphatic rings. The lowest BCUT2D eigenvalue weighted by Crippen LogP contribution is -2.50. The SMILES string of the molecule is Cc1ccn2cc(C(=O)N3CCN(CC(=O)Nc4ccccc4Cl)CC3)nc2c1. The molecule has 2 amide bonds. The molecule has 29 heavy (non-hydrogen) atoms. The summed E-state index contributed by atoms with van der Waals surface area (Å²) >= 11 is 6.08. The predicted molar refractivity (Wildman–Crippen MR) is 112 cm³/mol. The summed E-state index contributed by atoms with van der Waals surface area (Å²) in [5.74, 6) is -0.194. The Morgan fingerprint density at radius 3 is 2.66 bits per heavy atom. The molecule has 0 aliphatic carbocycles. The van der Waals surface area contributed by atoms with Gasteiger partial charge in [0, 0.05) is 38.6 Å². The number of carbonyl (C=O) groups excluding carboxylic acids is 2. The highest BCUT2D eigenvalue weighted by Gasteiger charge is 2.25. The average molecular weight is 412 g/mol. The van der Waals surface area contributed by atoms with Gasteiger partial charge in [0.25, 0.3) is 5.91 Å². The van der Waals surface area contributed by atoms with Gasteiger partial charge in [-0.05, 0) is 36.8 Å². The third kappa shape index (κ3) is 4.41. The standard InChI is InChI=1S/C21H22ClN5O2/c1-15-6-7-27-13-18(23-19(27)12-15)21(29)26-10-8-25(9-11-26)14-20(28)24-17-5-3-2-4-16(17)22/h2-7,12-13H,8-11,14H2,1H3,(H,24,28). The van der Waals surface area contributed by atoms with Crippen LogP contribution >= 0.6 is 11.6 Å². The number of aromatic nitrogens is 2. The molecule has 1 fully saturated rings. The summed E-state index contributed by atoms with van der Waals surface area (Å²) in [7, 11) is 0. The number of piperazine rings is 1. The molecule has 1 aromatic carbocycles. The minimum atomic E-state index is -0.117. The number of pyridine rings is 1.